The molecule has 0 saturated heterocycles. The van der Waals surface area contributed by atoms with E-state index in [2.05, 4.69) is 11.2 Å². The largest absolute Gasteiger partial charge is 0.338 e. The lowest BCUT2D eigenvalue weighted by Crippen LogP contribution is -2.34. The van der Waals surface area contributed by atoms with Crippen molar-refractivity contribution in [2.24, 2.45) is 13.0 Å². The molecule has 17 heavy (non-hydrogen) atoms. The zero-order valence-electron chi connectivity index (χ0n) is 10.8. The van der Waals surface area contributed by atoms with Crippen LogP contribution >= 0.6 is 0 Å². The first-order chi connectivity index (χ1) is 8.01. The molecule has 0 fully saturated rings. The fourth-order valence-corrected chi connectivity index (χ4v) is 1.61. The first kappa shape index (κ1) is 13.2. The summed E-state index contributed by atoms with van der Waals surface area (Å²) >= 11 is 0. The number of aromatic nitrogens is 2. The number of rotatable bonds is 4. The van der Waals surface area contributed by atoms with Crippen molar-refractivity contribution in [2.45, 2.75) is 20.8 Å². The molecule has 0 aliphatic heterocycles. The van der Waals surface area contributed by atoms with Gasteiger partial charge in [-0.2, -0.15) is 10.4 Å². The van der Waals surface area contributed by atoms with Crippen molar-refractivity contribution < 1.29 is 4.79 Å². The summed E-state index contributed by atoms with van der Waals surface area (Å²) in [5.74, 6) is -0.212. The van der Waals surface area contributed by atoms with Gasteiger partial charge in [0.15, 0.2) is 0 Å². The SMILES string of the molecule is CCN(CC(C)C#N)C(=O)c1cnn(C)c1C. The van der Waals surface area contributed by atoms with E-state index in [-0.39, 0.29) is 11.8 Å². The normalized spacial score (nSPS) is 11.9. The van der Waals surface area contributed by atoms with Crippen LogP contribution in [-0.2, 0) is 7.05 Å². The van der Waals surface area contributed by atoms with Crippen LogP contribution in [0.5, 0.6) is 0 Å². The molecule has 1 heterocycles. The number of hydrogen-bond acceptors (Lipinski definition) is 3. The quantitative estimate of drug-likeness (QED) is 0.790. The molecule has 0 radical (unpaired) electrons. The van der Waals surface area contributed by atoms with E-state index < -0.39 is 0 Å². The second-order valence-electron chi connectivity index (χ2n) is 4.14. The van der Waals surface area contributed by atoms with Gasteiger partial charge >= 0.3 is 0 Å². The van der Waals surface area contributed by atoms with Crippen molar-refractivity contribution in [3.63, 3.8) is 0 Å². The lowest BCUT2D eigenvalue weighted by molar-refractivity contribution is 0.0752. The molecule has 1 aromatic heterocycles. The Labute approximate surface area is 102 Å². The van der Waals surface area contributed by atoms with Crippen LogP contribution in [0.25, 0.3) is 0 Å². The molecule has 1 unspecified atom stereocenters. The Hall–Kier alpha value is -1.83. The minimum atomic E-state index is -0.157. The third-order valence-corrected chi connectivity index (χ3v) is 2.85. The highest BCUT2D eigenvalue weighted by molar-refractivity contribution is 5.95. The summed E-state index contributed by atoms with van der Waals surface area (Å²) in [7, 11) is 1.81. The van der Waals surface area contributed by atoms with Crippen LogP contribution in [0.1, 0.15) is 29.9 Å². The molecule has 1 atom stereocenters. The first-order valence-corrected chi connectivity index (χ1v) is 5.68. The summed E-state index contributed by atoms with van der Waals surface area (Å²) in [4.78, 5) is 13.9. The lowest BCUT2D eigenvalue weighted by atomic mass is 10.1. The average molecular weight is 234 g/mol. The third kappa shape index (κ3) is 2.84. The Bertz CT molecular complexity index is 444. The van der Waals surface area contributed by atoms with Crippen LogP contribution in [0.2, 0.25) is 0 Å². The number of nitriles is 1. The van der Waals surface area contributed by atoms with Gasteiger partial charge in [0.05, 0.1) is 23.7 Å². The van der Waals surface area contributed by atoms with E-state index in [0.717, 1.165) is 5.69 Å². The molecule has 0 N–H and O–H groups in total. The zero-order chi connectivity index (χ0) is 13.0. The summed E-state index contributed by atoms with van der Waals surface area (Å²) in [6.07, 6.45) is 1.58. The van der Waals surface area contributed by atoms with Crippen molar-refractivity contribution in [1.29, 1.82) is 5.26 Å². The summed E-state index contributed by atoms with van der Waals surface area (Å²) in [5.41, 5.74) is 1.46. The van der Waals surface area contributed by atoms with Gasteiger partial charge in [0.25, 0.3) is 5.91 Å². The van der Waals surface area contributed by atoms with Gasteiger partial charge in [0.1, 0.15) is 0 Å². The van der Waals surface area contributed by atoms with Crippen molar-refractivity contribution in [3.8, 4) is 6.07 Å². The molecule has 1 aromatic rings. The standard InChI is InChI=1S/C12H18N4O/c1-5-16(8-9(2)6-13)12(17)11-7-14-15(4)10(11)3/h7,9H,5,8H2,1-4H3. The highest BCUT2D eigenvalue weighted by atomic mass is 16.2. The van der Waals surface area contributed by atoms with Crippen LogP contribution in [0.3, 0.4) is 0 Å². The topological polar surface area (TPSA) is 61.9 Å². The molecule has 5 nitrogen and oxygen atoms in total. The van der Waals surface area contributed by atoms with Gasteiger partial charge in [-0.1, -0.05) is 0 Å². The minimum absolute atomic E-state index is 0.0554. The maximum Gasteiger partial charge on any atom is 0.257 e. The molecule has 5 heteroatoms. The molecule has 92 valence electrons. The van der Waals surface area contributed by atoms with E-state index in [1.165, 1.54) is 0 Å². The highest BCUT2D eigenvalue weighted by Gasteiger charge is 2.20. The summed E-state index contributed by atoms with van der Waals surface area (Å²) in [5, 5.41) is 12.8. The van der Waals surface area contributed by atoms with Crippen molar-refractivity contribution >= 4 is 5.91 Å². The third-order valence-electron chi connectivity index (χ3n) is 2.85. The van der Waals surface area contributed by atoms with Gasteiger partial charge in [0, 0.05) is 25.8 Å². The van der Waals surface area contributed by atoms with Gasteiger partial charge in [-0.25, -0.2) is 0 Å². The second-order valence-corrected chi connectivity index (χ2v) is 4.14. The van der Waals surface area contributed by atoms with Gasteiger partial charge in [-0.15, -0.1) is 0 Å². The molecule has 1 amide bonds. The monoisotopic (exact) mass is 234 g/mol. The number of aryl methyl sites for hydroxylation is 1. The Morgan fingerprint density at radius 1 is 1.71 bits per heavy atom. The second kappa shape index (κ2) is 5.48. The molecule has 0 aliphatic rings. The Balaban J connectivity index is 2.87. The van der Waals surface area contributed by atoms with Crippen molar-refractivity contribution in [1.82, 2.24) is 14.7 Å². The Morgan fingerprint density at radius 3 is 2.76 bits per heavy atom. The zero-order valence-corrected chi connectivity index (χ0v) is 10.8. The molecule has 0 bridgehead atoms. The Kier molecular flexibility index (Phi) is 4.27. The van der Waals surface area contributed by atoms with Gasteiger partial charge < -0.3 is 4.90 Å². The van der Waals surface area contributed by atoms with Crippen molar-refractivity contribution in [2.75, 3.05) is 13.1 Å². The van der Waals surface area contributed by atoms with E-state index in [1.54, 1.807) is 22.8 Å². The maximum absolute atomic E-state index is 12.2. The summed E-state index contributed by atoms with van der Waals surface area (Å²) in [6.45, 7) is 6.64. The smallest absolute Gasteiger partial charge is 0.257 e. The summed E-state index contributed by atoms with van der Waals surface area (Å²) < 4.78 is 1.68. The van der Waals surface area contributed by atoms with Crippen LogP contribution in [0.4, 0.5) is 0 Å². The molecule has 0 aliphatic carbocycles. The van der Waals surface area contributed by atoms with Crippen LogP contribution in [0.15, 0.2) is 6.20 Å². The fourth-order valence-electron chi connectivity index (χ4n) is 1.61. The van der Waals surface area contributed by atoms with E-state index >= 15 is 0 Å². The number of amides is 1. The van der Waals surface area contributed by atoms with Gasteiger partial charge in [-0.3, -0.25) is 9.48 Å². The highest BCUT2D eigenvalue weighted by Crippen LogP contribution is 2.11. The molecule has 0 saturated carbocycles. The molecular formula is C12H18N4O. The van der Waals surface area contributed by atoms with Gasteiger partial charge in [-0.05, 0) is 20.8 Å². The van der Waals surface area contributed by atoms with Crippen LogP contribution in [-0.4, -0.2) is 33.7 Å². The van der Waals surface area contributed by atoms with Crippen LogP contribution in [0, 0.1) is 24.2 Å². The molecule has 1 rings (SSSR count). The first-order valence-electron chi connectivity index (χ1n) is 5.68. The van der Waals surface area contributed by atoms with Crippen LogP contribution < -0.4 is 0 Å². The van der Waals surface area contributed by atoms with E-state index in [0.29, 0.717) is 18.7 Å². The maximum atomic E-state index is 12.2. The molecule has 0 aromatic carbocycles. The molecular weight excluding hydrogens is 216 g/mol. The number of hydrogen-bond donors (Lipinski definition) is 0. The summed E-state index contributed by atoms with van der Waals surface area (Å²) in [6, 6.07) is 2.14. The van der Waals surface area contributed by atoms with E-state index in [9.17, 15) is 4.79 Å². The van der Waals surface area contributed by atoms with E-state index in [1.807, 2.05) is 20.8 Å². The van der Waals surface area contributed by atoms with E-state index in [4.69, 9.17) is 5.26 Å². The van der Waals surface area contributed by atoms with Gasteiger partial charge in [0.2, 0.25) is 0 Å². The number of carbonyl (C=O) groups excluding carboxylic acids is 1. The molecule has 0 spiro atoms. The fraction of sp³-hybridized carbons (Fsp3) is 0.583. The Morgan fingerprint density at radius 2 is 2.35 bits per heavy atom. The lowest BCUT2D eigenvalue weighted by Gasteiger charge is -2.21. The number of carbonyl (C=O) groups is 1. The van der Waals surface area contributed by atoms with Crippen molar-refractivity contribution in [3.05, 3.63) is 17.5 Å². The minimum Gasteiger partial charge on any atom is -0.338 e. The predicted octanol–water partition coefficient (Wildman–Crippen LogP) is 1.35. The average Bonchev–Trinajstić information content (AvgIpc) is 2.66. The predicted molar refractivity (Wildman–Crippen MR) is 64.3 cm³/mol. The number of nitrogens with zero attached hydrogens (tertiary/aromatic N) is 4.